The molecule has 0 radical (unpaired) electrons. The molecule has 0 amide bonds. The predicted molar refractivity (Wildman–Crippen MR) is 83.8 cm³/mol. The van der Waals surface area contributed by atoms with Crippen LogP contribution < -0.4 is 4.74 Å². The summed E-state index contributed by atoms with van der Waals surface area (Å²) in [6, 6.07) is 11.8. The van der Waals surface area contributed by atoms with Crippen molar-refractivity contribution < 1.29 is 9.15 Å². The number of ether oxygens (including phenoxy) is 1. The first-order valence-electron chi connectivity index (χ1n) is 7.69. The van der Waals surface area contributed by atoms with Gasteiger partial charge in [-0.05, 0) is 24.3 Å². The van der Waals surface area contributed by atoms with Gasteiger partial charge in [0.15, 0.2) is 0 Å². The minimum atomic E-state index is 0.158. The summed E-state index contributed by atoms with van der Waals surface area (Å²) in [4.78, 5) is 6.56. The second-order valence-corrected chi connectivity index (χ2v) is 5.65. The highest BCUT2D eigenvalue weighted by Crippen LogP contribution is 2.22. The minimum Gasteiger partial charge on any atom is -0.475 e. The van der Waals surface area contributed by atoms with E-state index < -0.39 is 0 Å². The smallest absolute Gasteiger partial charge is 0.213 e. The van der Waals surface area contributed by atoms with E-state index in [1.54, 1.807) is 12.5 Å². The fraction of sp³-hybridized carbons (Fsp3) is 0.294. The monoisotopic (exact) mass is 310 g/mol. The third-order valence-electron chi connectivity index (χ3n) is 3.97. The molecule has 1 atom stereocenters. The quantitative estimate of drug-likeness (QED) is 0.725. The van der Waals surface area contributed by atoms with Crippen LogP contribution in [-0.2, 0) is 13.1 Å². The van der Waals surface area contributed by atoms with Gasteiger partial charge in [0, 0.05) is 31.5 Å². The van der Waals surface area contributed by atoms with Crippen molar-refractivity contribution in [2.24, 2.45) is 0 Å². The normalized spacial score (nSPS) is 17.8. The third kappa shape index (κ3) is 3.12. The van der Waals surface area contributed by atoms with Crippen LogP contribution in [0.15, 0.2) is 59.5 Å². The van der Waals surface area contributed by atoms with Gasteiger partial charge >= 0.3 is 0 Å². The Labute approximate surface area is 134 Å². The van der Waals surface area contributed by atoms with Crippen LogP contribution in [0.3, 0.4) is 0 Å². The van der Waals surface area contributed by atoms with Crippen molar-refractivity contribution in [3.05, 3.63) is 66.5 Å². The van der Waals surface area contributed by atoms with E-state index in [4.69, 9.17) is 9.15 Å². The summed E-state index contributed by atoms with van der Waals surface area (Å²) >= 11 is 0. The van der Waals surface area contributed by atoms with Gasteiger partial charge in [0.25, 0.3) is 0 Å². The first-order valence-corrected chi connectivity index (χ1v) is 7.69. The molecule has 6 heteroatoms. The summed E-state index contributed by atoms with van der Waals surface area (Å²) in [5.74, 6) is 1.62. The third-order valence-corrected chi connectivity index (χ3v) is 3.97. The fourth-order valence-electron chi connectivity index (χ4n) is 2.95. The Morgan fingerprint density at radius 2 is 2.17 bits per heavy atom. The van der Waals surface area contributed by atoms with Crippen molar-refractivity contribution in [2.75, 3.05) is 13.2 Å². The fourth-order valence-corrected chi connectivity index (χ4v) is 2.95. The molecule has 1 aliphatic heterocycles. The number of aromatic nitrogens is 3. The van der Waals surface area contributed by atoms with Crippen molar-refractivity contribution in [3.8, 4) is 5.88 Å². The summed E-state index contributed by atoms with van der Waals surface area (Å²) in [5.41, 5.74) is 1.19. The van der Waals surface area contributed by atoms with Crippen LogP contribution >= 0.6 is 0 Å². The van der Waals surface area contributed by atoms with Crippen LogP contribution in [0.25, 0.3) is 0 Å². The summed E-state index contributed by atoms with van der Waals surface area (Å²) in [6.07, 6.45) is 5.30. The van der Waals surface area contributed by atoms with Gasteiger partial charge in [0.1, 0.15) is 12.4 Å². The van der Waals surface area contributed by atoms with Crippen LogP contribution in [-0.4, -0.2) is 32.8 Å². The molecule has 3 aromatic heterocycles. The molecule has 0 fully saturated rings. The van der Waals surface area contributed by atoms with Crippen LogP contribution in [0, 0.1) is 0 Å². The van der Waals surface area contributed by atoms with Gasteiger partial charge in [-0.1, -0.05) is 6.07 Å². The summed E-state index contributed by atoms with van der Waals surface area (Å²) in [7, 11) is 0. The van der Waals surface area contributed by atoms with Crippen LogP contribution in [0.1, 0.15) is 17.5 Å². The van der Waals surface area contributed by atoms with E-state index >= 15 is 0 Å². The highest BCUT2D eigenvalue weighted by molar-refractivity contribution is 5.10. The van der Waals surface area contributed by atoms with Crippen LogP contribution in [0.4, 0.5) is 0 Å². The van der Waals surface area contributed by atoms with E-state index in [2.05, 4.69) is 25.7 Å². The van der Waals surface area contributed by atoms with E-state index in [1.807, 2.05) is 36.5 Å². The highest BCUT2D eigenvalue weighted by Gasteiger charge is 2.26. The first-order chi connectivity index (χ1) is 11.4. The number of hydrogen-bond donors (Lipinski definition) is 0. The Bertz CT molecular complexity index is 739. The molecule has 23 heavy (non-hydrogen) atoms. The first kappa shape index (κ1) is 14.0. The molecule has 0 aliphatic carbocycles. The number of fused-ring (bicyclic) bond motifs is 1. The summed E-state index contributed by atoms with van der Waals surface area (Å²) in [5, 5.41) is 4.45. The molecule has 3 aromatic rings. The number of furan rings is 1. The molecule has 4 heterocycles. The molecule has 6 nitrogen and oxygen atoms in total. The zero-order valence-electron chi connectivity index (χ0n) is 12.7. The highest BCUT2D eigenvalue weighted by atomic mass is 16.5. The lowest BCUT2D eigenvalue weighted by Gasteiger charge is -2.33. The average Bonchev–Trinajstić information content (AvgIpc) is 3.25. The molecule has 4 rings (SSSR count). The number of rotatable bonds is 5. The molecule has 0 unspecified atom stereocenters. The lowest BCUT2D eigenvalue weighted by molar-refractivity contribution is 0.119. The maximum atomic E-state index is 5.83. The lowest BCUT2D eigenvalue weighted by Crippen LogP contribution is -2.39. The lowest BCUT2D eigenvalue weighted by atomic mass is 10.2. The molecule has 0 saturated carbocycles. The van der Waals surface area contributed by atoms with Crippen molar-refractivity contribution in [1.29, 1.82) is 0 Å². The van der Waals surface area contributed by atoms with Gasteiger partial charge in [-0.2, -0.15) is 5.10 Å². The summed E-state index contributed by atoms with van der Waals surface area (Å²) in [6.45, 7) is 3.06. The van der Waals surface area contributed by atoms with Crippen LogP contribution in [0.2, 0.25) is 0 Å². The van der Waals surface area contributed by atoms with Crippen molar-refractivity contribution in [1.82, 2.24) is 19.7 Å². The van der Waals surface area contributed by atoms with E-state index in [9.17, 15) is 0 Å². The number of hydrogen-bond acceptors (Lipinski definition) is 5. The Kier molecular flexibility index (Phi) is 3.81. The minimum absolute atomic E-state index is 0.158. The average molecular weight is 310 g/mol. The molecule has 1 aliphatic rings. The largest absolute Gasteiger partial charge is 0.475 e. The maximum Gasteiger partial charge on any atom is 0.213 e. The molecule has 0 N–H and O–H groups in total. The number of nitrogens with zero attached hydrogens (tertiary/aromatic N) is 4. The summed E-state index contributed by atoms with van der Waals surface area (Å²) < 4.78 is 13.4. The van der Waals surface area contributed by atoms with Gasteiger partial charge in [-0.25, -0.2) is 4.98 Å². The zero-order chi connectivity index (χ0) is 15.5. The molecular weight excluding hydrogens is 292 g/mol. The van der Waals surface area contributed by atoms with Crippen molar-refractivity contribution in [2.45, 2.75) is 19.1 Å². The topological polar surface area (TPSA) is 56.3 Å². The maximum absolute atomic E-state index is 5.83. The van der Waals surface area contributed by atoms with E-state index in [-0.39, 0.29) is 6.04 Å². The molecule has 0 saturated heterocycles. The second kappa shape index (κ2) is 6.26. The standard InChI is InChI=1S/C17H18N4O2/c1-2-7-18-17(5-1)23-13-15-11-20(12-16-4-3-9-22-16)10-14-6-8-19-21(14)15/h1-9,15H,10-13H2/t15-/m0/s1. The molecule has 118 valence electrons. The molecule has 0 bridgehead atoms. The van der Waals surface area contributed by atoms with Crippen molar-refractivity contribution >= 4 is 0 Å². The van der Waals surface area contributed by atoms with Crippen LogP contribution in [0.5, 0.6) is 5.88 Å². The Hall–Kier alpha value is -2.60. The molecule has 0 spiro atoms. The molecule has 0 aromatic carbocycles. The Morgan fingerprint density at radius 3 is 3.00 bits per heavy atom. The Morgan fingerprint density at radius 1 is 1.17 bits per heavy atom. The van der Waals surface area contributed by atoms with Gasteiger partial charge in [0.2, 0.25) is 5.88 Å². The van der Waals surface area contributed by atoms with E-state index in [0.717, 1.165) is 25.4 Å². The van der Waals surface area contributed by atoms with E-state index in [1.165, 1.54) is 5.69 Å². The van der Waals surface area contributed by atoms with Gasteiger partial charge in [0.05, 0.1) is 24.5 Å². The van der Waals surface area contributed by atoms with Crippen molar-refractivity contribution in [3.63, 3.8) is 0 Å². The van der Waals surface area contributed by atoms with Gasteiger partial charge in [-0.15, -0.1) is 0 Å². The van der Waals surface area contributed by atoms with E-state index in [0.29, 0.717) is 12.5 Å². The zero-order valence-corrected chi connectivity index (χ0v) is 12.7. The van der Waals surface area contributed by atoms with Gasteiger partial charge in [-0.3, -0.25) is 9.58 Å². The van der Waals surface area contributed by atoms with Gasteiger partial charge < -0.3 is 9.15 Å². The molecular formula is C17H18N4O2. The second-order valence-electron chi connectivity index (χ2n) is 5.65. The predicted octanol–water partition coefficient (Wildman–Crippen LogP) is 2.51. The Balaban J connectivity index is 1.47. The SMILES string of the molecule is c1ccc(OC[C@@H]2CN(Cc3ccco3)Cc3ccnn32)nc1. The number of pyridine rings is 1.